The molecular weight excluding hydrogens is 877 g/mol. The molecule has 67 heavy (non-hydrogen) atoms. The molecule has 0 N–H and O–H groups in total. The Hall–Kier alpha value is -6.09. The second-order valence-corrected chi connectivity index (χ2v) is 30.2. The zero-order valence-corrected chi connectivity index (χ0v) is 44.2. The van der Waals surface area contributed by atoms with Crippen LogP contribution >= 0.6 is 22.7 Å². The van der Waals surface area contributed by atoms with Crippen LogP contribution in [0.3, 0.4) is 0 Å². The monoisotopic (exact) mass is 934 g/mol. The highest BCUT2D eigenvalue weighted by atomic mass is 32.1. The van der Waals surface area contributed by atoms with E-state index in [0.29, 0.717) is 0 Å². The molecule has 0 spiro atoms. The van der Waals surface area contributed by atoms with Crippen molar-refractivity contribution in [2.75, 3.05) is 0 Å². The van der Waals surface area contributed by atoms with Crippen LogP contribution in [0.1, 0.15) is 82.5 Å². The maximum Gasteiger partial charge on any atom is 0.138 e. The van der Waals surface area contributed by atoms with Crippen LogP contribution in [0.5, 0.6) is 0 Å². The third-order valence-corrected chi connectivity index (χ3v) is 26.1. The Balaban J connectivity index is 0.000000177. The molecule has 10 aromatic rings. The van der Waals surface area contributed by atoms with Crippen molar-refractivity contribution in [3.8, 4) is 46.6 Å². The standard InChI is InChI=1S/C36H40SSi2.C27H18S/c1-7-38(8-2,9-3)21-18-30-32-23-27-15-13-14-16-28(27)24-33(32)31(19-22-39(10-4,11-5)12-6)35-26-36-29(17-20-37-36)25-34(30)35;1-4-8-21-23-13-18-10-6-7-11-19(18)14-24(23)22(9-5-2)26-16-27-20(15-25(21)26)12-17(3)28-27/h13-17,20,23-26H,7-12H2,1-6H3;6-7,10-16H,1-3H3. The first-order chi connectivity index (χ1) is 32.6. The van der Waals surface area contributed by atoms with Crippen LogP contribution in [0.25, 0.3) is 84.8 Å². The topological polar surface area (TPSA) is 0 Å². The van der Waals surface area contributed by atoms with Crippen molar-refractivity contribution in [1.82, 2.24) is 0 Å². The molecule has 0 saturated carbocycles. The molecule has 0 nitrogen and oxygen atoms in total. The number of thiophene rings is 2. The average Bonchev–Trinajstić information content (AvgIpc) is 3.99. The second-order valence-electron chi connectivity index (χ2n) is 18.1. The second kappa shape index (κ2) is 19.3. The van der Waals surface area contributed by atoms with Gasteiger partial charge in [0.25, 0.3) is 0 Å². The largest absolute Gasteiger partial charge is 0.144 e. The summed E-state index contributed by atoms with van der Waals surface area (Å²) in [5.74, 6) is 20.8. The van der Waals surface area contributed by atoms with Gasteiger partial charge in [-0.2, -0.15) is 0 Å². The van der Waals surface area contributed by atoms with Crippen molar-refractivity contribution >= 4 is 124 Å². The van der Waals surface area contributed by atoms with E-state index in [0.717, 1.165) is 11.1 Å². The molecule has 330 valence electrons. The molecule has 0 bridgehead atoms. The Bertz CT molecular complexity index is 3580. The van der Waals surface area contributed by atoms with Gasteiger partial charge in [0, 0.05) is 47.3 Å². The summed E-state index contributed by atoms with van der Waals surface area (Å²) in [7, 11) is -3.24. The predicted octanol–water partition coefficient (Wildman–Crippen LogP) is 18.6. The molecule has 8 aromatic carbocycles. The summed E-state index contributed by atoms with van der Waals surface area (Å²) in [5, 5.41) is 19.6. The van der Waals surface area contributed by atoms with Crippen molar-refractivity contribution in [2.45, 2.75) is 98.6 Å². The molecular formula is C63H58S2Si2. The number of aryl methyl sites for hydroxylation is 1. The summed E-state index contributed by atoms with van der Waals surface area (Å²) >= 11 is 3.66. The van der Waals surface area contributed by atoms with E-state index in [9.17, 15) is 0 Å². The SMILES string of the molecule is CC#Cc1c2cc3ccccc3cc2c(C#CC)c2cc3sc(C)cc3cc12.CC[Si](C#Cc1c2cc3ccccc3cc2c(C#C[Si](CC)(CC)CC)c2cc3sccc3cc12)(CC)CC. The summed E-state index contributed by atoms with van der Waals surface area (Å²) in [6.07, 6.45) is 0. The Morgan fingerprint density at radius 2 is 0.731 bits per heavy atom. The first kappa shape index (κ1) is 46.0. The average molecular weight is 935 g/mol. The van der Waals surface area contributed by atoms with Crippen LogP contribution in [-0.4, -0.2) is 16.1 Å². The molecule has 2 heterocycles. The van der Waals surface area contributed by atoms with Crippen molar-refractivity contribution in [2.24, 2.45) is 0 Å². The maximum absolute atomic E-state index is 3.94. The highest BCUT2D eigenvalue weighted by Gasteiger charge is 2.26. The van der Waals surface area contributed by atoms with E-state index in [1.165, 1.54) is 137 Å². The summed E-state index contributed by atoms with van der Waals surface area (Å²) in [5.41, 5.74) is 12.5. The van der Waals surface area contributed by atoms with E-state index < -0.39 is 16.1 Å². The maximum atomic E-state index is 3.94. The summed E-state index contributed by atoms with van der Waals surface area (Å²) in [4.78, 5) is 1.33. The molecule has 0 unspecified atom stereocenters. The molecule has 0 aliphatic rings. The van der Waals surface area contributed by atoms with Crippen LogP contribution in [-0.2, 0) is 0 Å². The lowest BCUT2D eigenvalue weighted by atomic mass is 9.89. The quantitative estimate of drug-likeness (QED) is 0.0885. The minimum atomic E-state index is -1.62. The van der Waals surface area contributed by atoms with Gasteiger partial charge in [-0.3, -0.25) is 0 Å². The van der Waals surface area contributed by atoms with E-state index in [1.807, 2.05) is 36.5 Å². The Labute approximate surface area is 407 Å². The zero-order valence-electron chi connectivity index (χ0n) is 40.5. The van der Waals surface area contributed by atoms with Gasteiger partial charge in [-0.15, -0.1) is 45.6 Å². The van der Waals surface area contributed by atoms with Crippen LogP contribution in [0.15, 0.2) is 115 Å². The highest BCUT2D eigenvalue weighted by molar-refractivity contribution is 7.19. The fraction of sp³-hybridized carbons (Fsp3) is 0.238. The van der Waals surface area contributed by atoms with Crippen LogP contribution in [0.4, 0.5) is 0 Å². The fourth-order valence-corrected chi connectivity index (χ4v) is 16.8. The fourth-order valence-electron chi connectivity index (χ4n) is 10.2. The first-order valence-corrected chi connectivity index (χ1v) is 31.1. The van der Waals surface area contributed by atoms with E-state index in [1.54, 1.807) is 0 Å². The minimum absolute atomic E-state index is 1.10. The van der Waals surface area contributed by atoms with Gasteiger partial charge >= 0.3 is 0 Å². The van der Waals surface area contributed by atoms with E-state index in [4.69, 9.17) is 0 Å². The third-order valence-electron chi connectivity index (χ3n) is 14.8. The summed E-state index contributed by atoms with van der Waals surface area (Å²) < 4.78 is 2.63. The molecule has 4 heteroatoms. The zero-order chi connectivity index (χ0) is 46.9. The van der Waals surface area contributed by atoms with Gasteiger partial charge in [-0.05, 0) is 188 Å². The van der Waals surface area contributed by atoms with Gasteiger partial charge < -0.3 is 0 Å². The predicted molar refractivity (Wildman–Crippen MR) is 307 cm³/mol. The summed E-state index contributed by atoms with van der Waals surface area (Å²) in [6, 6.07) is 47.7. The van der Waals surface area contributed by atoms with Crippen molar-refractivity contribution in [3.63, 3.8) is 0 Å². The highest BCUT2D eigenvalue weighted by Crippen LogP contribution is 2.41. The molecule has 0 radical (unpaired) electrons. The van der Waals surface area contributed by atoms with Gasteiger partial charge in [0.1, 0.15) is 16.1 Å². The minimum Gasteiger partial charge on any atom is -0.144 e. The van der Waals surface area contributed by atoms with Crippen LogP contribution in [0, 0.1) is 53.5 Å². The summed E-state index contributed by atoms with van der Waals surface area (Å²) in [6.45, 7) is 20.0. The number of hydrogen-bond donors (Lipinski definition) is 0. The van der Waals surface area contributed by atoms with Crippen molar-refractivity contribution in [1.29, 1.82) is 0 Å². The van der Waals surface area contributed by atoms with Crippen LogP contribution < -0.4 is 0 Å². The van der Waals surface area contributed by atoms with Gasteiger partial charge in [0.15, 0.2) is 0 Å². The van der Waals surface area contributed by atoms with Crippen molar-refractivity contribution < 1.29 is 0 Å². The van der Waals surface area contributed by atoms with Crippen molar-refractivity contribution in [3.05, 3.63) is 142 Å². The molecule has 2 aromatic heterocycles. The molecule has 0 amide bonds. The molecule has 0 atom stereocenters. The molecule has 0 aliphatic carbocycles. The van der Waals surface area contributed by atoms with Gasteiger partial charge in [-0.1, -0.05) is 114 Å². The first-order valence-electron chi connectivity index (χ1n) is 24.2. The van der Waals surface area contributed by atoms with E-state index in [2.05, 4.69) is 210 Å². The molecule has 10 rings (SSSR count). The van der Waals surface area contributed by atoms with E-state index >= 15 is 0 Å². The lowest BCUT2D eigenvalue weighted by molar-refractivity contribution is 1.20. The lowest BCUT2D eigenvalue weighted by Gasteiger charge is -2.21. The number of benzene rings is 8. The number of fused-ring (bicyclic) bond motifs is 8. The Morgan fingerprint density at radius 3 is 1.12 bits per heavy atom. The molecule has 0 fully saturated rings. The number of hydrogen-bond acceptors (Lipinski definition) is 2. The van der Waals surface area contributed by atoms with Crippen LogP contribution in [0.2, 0.25) is 36.3 Å². The van der Waals surface area contributed by atoms with Gasteiger partial charge in [0.2, 0.25) is 0 Å². The van der Waals surface area contributed by atoms with Gasteiger partial charge in [0.05, 0.1) is 0 Å². The molecule has 0 aliphatic heterocycles. The smallest absolute Gasteiger partial charge is 0.138 e. The van der Waals surface area contributed by atoms with Gasteiger partial charge in [-0.25, -0.2) is 0 Å². The number of rotatable bonds is 6. The van der Waals surface area contributed by atoms with E-state index in [-0.39, 0.29) is 0 Å². The molecule has 0 saturated heterocycles. The third kappa shape index (κ3) is 8.48. The Morgan fingerprint density at radius 1 is 0.388 bits per heavy atom. The normalized spacial score (nSPS) is 11.5. The lowest BCUT2D eigenvalue weighted by Crippen LogP contribution is -2.29. The Kier molecular flexibility index (Phi) is 13.2.